The van der Waals surface area contributed by atoms with Crippen molar-refractivity contribution in [1.82, 2.24) is 10.9 Å². The minimum Gasteiger partial charge on any atom is -0.465 e. The molecule has 0 unspecified atom stereocenters. The number of nitrogens with one attached hydrogen (secondary N) is 2. The fraction of sp³-hybridized carbons (Fsp3) is 0.375. The van der Waals surface area contributed by atoms with Crippen LogP contribution in [0.15, 0.2) is 41.0 Å². The molecular weight excluding hydrogens is 348 g/mol. The first-order valence-electron chi connectivity index (χ1n) is 7.04. The van der Waals surface area contributed by atoms with Gasteiger partial charge in [0.2, 0.25) is 0 Å². The van der Waals surface area contributed by atoms with E-state index in [0.29, 0.717) is 17.9 Å². The number of benzene rings is 1. The summed E-state index contributed by atoms with van der Waals surface area (Å²) in [6.07, 6.45) is 0. The first-order valence-corrected chi connectivity index (χ1v) is 7.83. The second-order valence-corrected chi connectivity index (χ2v) is 6.00. The van der Waals surface area contributed by atoms with E-state index in [-0.39, 0.29) is 17.8 Å². The number of hydrogen-bond donors (Lipinski definition) is 2. The zero-order valence-electron chi connectivity index (χ0n) is 13.0. The third-order valence-electron chi connectivity index (χ3n) is 3.03. The van der Waals surface area contributed by atoms with Crippen molar-refractivity contribution in [2.45, 2.75) is 20.8 Å². The molecule has 0 aliphatic heterocycles. The van der Waals surface area contributed by atoms with Crippen LogP contribution in [-0.2, 0) is 9.53 Å². The van der Waals surface area contributed by atoms with E-state index in [1.54, 1.807) is 31.2 Å². The van der Waals surface area contributed by atoms with Gasteiger partial charge in [0.25, 0.3) is 5.91 Å². The first kappa shape index (κ1) is 18.2. The molecule has 0 saturated heterocycles. The largest absolute Gasteiger partial charge is 0.465 e. The zero-order valence-corrected chi connectivity index (χ0v) is 14.6. The topological polar surface area (TPSA) is 67.4 Å². The quantitative estimate of drug-likeness (QED) is 0.573. The summed E-state index contributed by atoms with van der Waals surface area (Å²) >= 11 is 3.31. The van der Waals surface area contributed by atoms with Crippen molar-refractivity contribution in [1.29, 1.82) is 0 Å². The monoisotopic (exact) mass is 368 g/mol. The predicted octanol–water partition coefficient (Wildman–Crippen LogP) is 3.03. The smallest absolute Gasteiger partial charge is 0.315 e. The van der Waals surface area contributed by atoms with Crippen LogP contribution in [0.3, 0.4) is 0 Å². The summed E-state index contributed by atoms with van der Waals surface area (Å²) in [6, 6.07) is 6.93. The Labute approximate surface area is 139 Å². The van der Waals surface area contributed by atoms with Gasteiger partial charge in [-0.15, -0.1) is 0 Å². The first-order chi connectivity index (χ1) is 10.4. The average molecular weight is 369 g/mol. The van der Waals surface area contributed by atoms with Crippen LogP contribution in [0.1, 0.15) is 31.1 Å². The summed E-state index contributed by atoms with van der Waals surface area (Å²) in [5.41, 5.74) is 6.15. The van der Waals surface area contributed by atoms with Crippen LogP contribution in [0, 0.1) is 11.8 Å². The third kappa shape index (κ3) is 5.18. The molecule has 22 heavy (non-hydrogen) atoms. The number of halogens is 1. The van der Waals surface area contributed by atoms with Crippen molar-refractivity contribution in [3.05, 3.63) is 46.6 Å². The minimum absolute atomic E-state index is 0.00336. The number of rotatable bonds is 7. The Hall–Kier alpha value is -1.82. The highest BCUT2D eigenvalue weighted by molar-refractivity contribution is 9.10. The molecule has 0 aliphatic rings. The van der Waals surface area contributed by atoms with Gasteiger partial charge in [-0.3, -0.25) is 15.0 Å². The van der Waals surface area contributed by atoms with E-state index < -0.39 is 5.92 Å². The number of esters is 1. The van der Waals surface area contributed by atoms with Gasteiger partial charge in [0.05, 0.1) is 12.5 Å². The van der Waals surface area contributed by atoms with E-state index in [0.717, 1.165) is 4.47 Å². The van der Waals surface area contributed by atoms with Crippen LogP contribution in [0.2, 0.25) is 0 Å². The molecule has 1 amide bonds. The van der Waals surface area contributed by atoms with Gasteiger partial charge in [-0.05, 0) is 37.1 Å². The van der Waals surface area contributed by atoms with Crippen molar-refractivity contribution in [3.8, 4) is 0 Å². The van der Waals surface area contributed by atoms with Crippen molar-refractivity contribution in [3.63, 3.8) is 0 Å². The molecular formula is C16H21BrN2O3. The van der Waals surface area contributed by atoms with E-state index in [9.17, 15) is 9.59 Å². The number of hydrogen-bond acceptors (Lipinski definition) is 4. The van der Waals surface area contributed by atoms with Gasteiger partial charge < -0.3 is 10.2 Å². The van der Waals surface area contributed by atoms with Gasteiger partial charge in [-0.1, -0.05) is 36.4 Å². The van der Waals surface area contributed by atoms with Gasteiger partial charge in [0, 0.05) is 15.7 Å². The molecule has 1 aromatic carbocycles. The molecule has 0 spiro atoms. The highest BCUT2D eigenvalue weighted by atomic mass is 79.9. The molecule has 0 radical (unpaired) electrons. The summed E-state index contributed by atoms with van der Waals surface area (Å²) < 4.78 is 5.93. The molecule has 0 fully saturated rings. The molecule has 0 aliphatic carbocycles. The molecule has 6 heteroatoms. The van der Waals surface area contributed by atoms with Crippen LogP contribution in [0.5, 0.6) is 0 Å². The summed E-state index contributed by atoms with van der Waals surface area (Å²) in [5, 5.41) is 0. The van der Waals surface area contributed by atoms with Crippen LogP contribution in [0.4, 0.5) is 0 Å². The Bertz CT molecular complexity index is 541. The predicted molar refractivity (Wildman–Crippen MR) is 88.8 cm³/mol. The third-order valence-corrected chi connectivity index (χ3v) is 3.55. The highest BCUT2D eigenvalue weighted by Gasteiger charge is 2.27. The maximum absolute atomic E-state index is 12.0. The molecule has 0 aromatic heterocycles. The van der Waals surface area contributed by atoms with Crippen molar-refractivity contribution in [2.75, 3.05) is 6.61 Å². The number of carbonyl (C=O) groups excluding carboxylic acids is 2. The van der Waals surface area contributed by atoms with E-state index in [1.165, 1.54) is 0 Å². The Morgan fingerprint density at radius 3 is 2.32 bits per heavy atom. The Morgan fingerprint density at radius 1 is 1.23 bits per heavy atom. The van der Waals surface area contributed by atoms with Crippen LogP contribution < -0.4 is 10.9 Å². The lowest BCUT2D eigenvalue weighted by atomic mass is 9.93. The lowest BCUT2D eigenvalue weighted by Gasteiger charge is -2.22. The normalized spacial score (nSPS) is 11.7. The maximum Gasteiger partial charge on any atom is 0.315 e. The SMILES string of the molecule is C=C(NNC(=O)c1ccc(Br)cc1)[C@H](C(=O)OCC)C(C)C. The summed E-state index contributed by atoms with van der Waals surface area (Å²) in [7, 11) is 0. The van der Waals surface area contributed by atoms with Crippen molar-refractivity contribution < 1.29 is 14.3 Å². The Balaban J connectivity index is 2.64. The molecule has 5 nitrogen and oxygen atoms in total. The van der Waals surface area contributed by atoms with Crippen LogP contribution in [-0.4, -0.2) is 18.5 Å². The maximum atomic E-state index is 12.0. The molecule has 0 saturated carbocycles. The number of carbonyl (C=O) groups is 2. The fourth-order valence-electron chi connectivity index (χ4n) is 1.94. The Kier molecular flexibility index (Phi) is 7.11. The lowest BCUT2D eigenvalue weighted by molar-refractivity contribution is -0.148. The van der Waals surface area contributed by atoms with Gasteiger partial charge in [-0.25, -0.2) is 0 Å². The molecule has 1 rings (SSSR count). The molecule has 1 atom stereocenters. The zero-order chi connectivity index (χ0) is 16.7. The van der Waals surface area contributed by atoms with E-state index in [2.05, 4.69) is 33.4 Å². The van der Waals surface area contributed by atoms with Crippen LogP contribution in [0.25, 0.3) is 0 Å². The summed E-state index contributed by atoms with van der Waals surface area (Å²) in [4.78, 5) is 23.9. The van der Waals surface area contributed by atoms with Gasteiger partial charge in [-0.2, -0.15) is 0 Å². The molecule has 0 bridgehead atoms. The second kappa shape index (κ2) is 8.58. The van der Waals surface area contributed by atoms with E-state index in [1.807, 2.05) is 13.8 Å². The molecule has 0 heterocycles. The lowest BCUT2D eigenvalue weighted by Crippen LogP contribution is -2.41. The van der Waals surface area contributed by atoms with Crippen molar-refractivity contribution >= 4 is 27.8 Å². The number of amides is 1. The molecule has 120 valence electrons. The number of hydrazine groups is 1. The summed E-state index contributed by atoms with van der Waals surface area (Å²) in [5.74, 6) is -1.18. The van der Waals surface area contributed by atoms with Crippen LogP contribution >= 0.6 is 15.9 Å². The summed E-state index contributed by atoms with van der Waals surface area (Å²) in [6.45, 7) is 9.67. The minimum atomic E-state index is -0.523. The second-order valence-electron chi connectivity index (χ2n) is 5.08. The van der Waals surface area contributed by atoms with Gasteiger partial charge >= 0.3 is 5.97 Å². The standard InChI is InChI=1S/C16H21BrN2O3/c1-5-22-16(21)14(10(2)3)11(4)18-19-15(20)12-6-8-13(17)9-7-12/h6-10,14,18H,4-5H2,1-3H3,(H,19,20)/t14-/m1/s1. The van der Waals surface area contributed by atoms with Gasteiger partial charge in [0.1, 0.15) is 0 Å². The number of ether oxygens (including phenoxy) is 1. The van der Waals surface area contributed by atoms with E-state index in [4.69, 9.17) is 4.74 Å². The average Bonchev–Trinajstić information content (AvgIpc) is 2.45. The fourth-order valence-corrected chi connectivity index (χ4v) is 2.20. The highest BCUT2D eigenvalue weighted by Crippen LogP contribution is 2.19. The van der Waals surface area contributed by atoms with E-state index >= 15 is 0 Å². The van der Waals surface area contributed by atoms with Crippen molar-refractivity contribution in [2.24, 2.45) is 11.8 Å². The molecule has 2 N–H and O–H groups in total. The van der Waals surface area contributed by atoms with Gasteiger partial charge in [0.15, 0.2) is 0 Å². The Morgan fingerprint density at radius 2 is 1.82 bits per heavy atom. The molecule has 1 aromatic rings.